The van der Waals surface area contributed by atoms with Crippen molar-refractivity contribution >= 4 is 21.4 Å². The van der Waals surface area contributed by atoms with E-state index in [4.69, 9.17) is 4.74 Å². The van der Waals surface area contributed by atoms with Crippen LogP contribution in [0, 0.1) is 5.92 Å². The first-order chi connectivity index (χ1) is 10.1. The molecule has 21 heavy (non-hydrogen) atoms. The molecule has 5 nitrogen and oxygen atoms in total. The predicted octanol–water partition coefficient (Wildman–Crippen LogP) is 1.60. The van der Waals surface area contributed by atoms with E-state index in [0.29, 0.717) is 16.7 Å². The average molecular weight is 332 g/mol. The first-order valence-electron chi connectivity index (χ1n) is 7.48. The van der Waals surface area contributed by atoms with Gasteiger partial charge in [-0.25, -0.2) is 13.1 Å². The number of thiophene rings is 1. The Hall–Kier alpha value is -0.470. The van der Waals surface area contributed by atoms with Gasteiger partial charge in [0.15, 0.2) is 0 Å². The molecule has 2 rings (SSSR count). The Morgan fingerprint density at radius 2 is 2.24 bits per heavy atom. The fourth-order valence-electron chi connectivity index (χ4n) is 2.30. The van der Waals surface area contributed by atoms with Crippen LogP contribution in [0.2, 0.25) is 0 Å². The van der Waals surface area contributed by atoms with E-state index >= 15 is 0 Å². The van der Waals surface area contributed by atoms with Gasteiger partial charge in [0.2, 0.25) is 10.0 Å². The highest BCUT2D eigenvalue weighted by Gasteiger charge is 2.19. The van der Waals surface area contributed by atoms with Gasteiger partial charge in [-0.1, -0.05) is 6.92 Å². The molecule has 2 heterocycles. The fourth-order valence-corrected chi connectivity index (χ4v) is 4.75. The van der Waals surface area contributed by atoms with E-state index in [1.54, 1.807) is 6.07 Å². The largest absolute Gasteiger partial charge is 0.381 e. The van der Waals surface area contributed by atoms with Crippen molar-refractivity contribution in [1.29, 1.82) is 0 Å². The Kier molecular flexibility index (Phi) is 6.63. The third kappa shape index (κ3) is 5.34. The minimum Gasteiger partial charge on any atom is -0.381 e. The van der Waals surface area contributed by atoms with Crippen LogP contribution in [0.15, 0.2) is 16.3 Å². The third-order valence-corrected chi connectivity index (χ3v) is 6.67. The molecular formula is C14H24N2O3S2. The minimum atomic E-state index is -3.35. The summed E-state index contributed by atoms with van der Waals surface area (Å²) in [5, 5.41) is 3.24. The van der Waals surface area contributed by atoms with E-state index in [-0.39, 0.29) is 0 Å². The van der Waals surface area contributed by atoms with E-state index < -0.39 is 10.0 Å². The zero-order valence-corrected chi connectivity index (χ0v) is 14.1. The smallest absolute Gasteiger partial charge is 0.250 e. The molecule has 2 N–H and O–H groups in total. The molecule has 0 radical (unpaired) electrons. The van der Waals surface area contributed by atoms with Crippen LogP contribution in [0.3, 0.4) is 0 Å². The van der Waals surface area contributed by atoms with E-state index in [1.165, 1.54) is 11.3 Å². The summed E-state index contributed by atoms with van der Waals surface area (Å²) in [4.78, 5) is 1.10. The molecule has 1 atom stereocenters. The second-order valence-electron chi connectivity index (χ2n) is 5.24. The summed E-state index contributed by atoms with van der Waals surface area (Å²) in [7, 11) is -3.35. The summed E-state index contributed by atoms with van der Waals surface area (Å²) < 4.78 is 32.8. The molecule has 120 valence electrons. The predicted molar refractivity (Wildman–Crippen MR) is 85.3 cm³/mol. The molecule has 1 aromatic rings. The SMILES string of the molecule is CCNCCc1ccc(S(=O)(=O)NCCC2CCOC2)s1. The summed E-state index contributed by atoms with van der Waals surface area (Å²) in [6.07, 6.45) is 2.75. The topological polar surface area (TPSA) is 67.4 Å². The lowest BCUT2D eigenvalue weighted by Gasteiger charge is -2.08. The van der Waals surface area contributed by atoms with Crippen molar-refractivity contribution in [2.24, 2.45) is 5.92 Å². The number of nitrogens with one attached hydrogen (secondary N) is 2. The van der Waals surface area contributed by atoms with Crippen LogP contribution in [0.4, 0.5) is 0 Å². The van der Waals surface area contributed by atoms with Crippen LogP contribution < -0.4 is 10.0 Å². The number of hydrogen-bond acceptors (Lipinski definition) is 5. The third-order valence-electron chi connectivity index (χ3n) is 3.57. The minimum absolute atomic E-state index is 0.414. The lowest BCUT2D eigenvalue weighted by atomic mass is 10.1. The first-order valence-corrected chi connectivity index (χ1v) is 9.78. The van der Waals surface area contributed by atoms with Crippen molar-refractivity contribution < 1.29 is 13.2 Å². The summed E-state index contributed by atoms with van der Waals surface area (Å²) in [5.41, 5.74) is 0. The lowest BCUT2D eigenvalue weighted by Crippen LogP contribution is -2.25. The summed E-state index contributed by atoms with van der Waals surface area (Å²) in [5.74, 6) is 0.492. The maximum Gasteiger partial charge on any atom is 0.250 e. The van der Waals surface area contributed by atoms with Crippen molar-refractivity contribution in [1.82, 2.24) is 10.0 Å². The molecule has 1 aromatic heterocycles. The number of ether oxygens (including phenoxy) is 1. The monoisotopic (exact) mass is 332 g/mol. The first kappa shape index (κ1) is 16.9. The van der Waals surface area contributed by atoms with Gasteiger partial charge in [-0.15, -0.1) is 11.3 Å². The van der Waals surface area contributed by atoms with Gasteiger partial charge in [-0.05, 0) is 50.4 Å². The Morgan fingerprint density at radius 1 is 1.38 bits per heavy atom. The van der Waals surface area contributed by atoms with E-state index in [2.05, 4.69) is 17.0 Å². The summed E-state index contributed by atoms with van der Waals surface area (Å²) >= 11 is 1.36. The van der Waals surface area contributed by atoms with Crippen LogP contribution in [-0.4, -0.2) is 41.3 Å². The van der Waals surface area contributed by atoms with Gasteiger partial charge in [0.1, 0.15) is 4.21 Å². The molecule has 1 aliphatic rings. The number of rotatable bonds is 9. The molecule has 0 aromatic carbocycles. The maximum atomic E-state index is 12.2. The van der Waals surface area contributed by atoms with Crippen molar-refractivity contribution in [3.8, 4) is 0 Å². The fraction of sp³-hybridized carbons (Fsp3) is 0.714. The molecule has 1 saturated heterocycles. The zero-order valence-electron chi connectivity index (χ0n) is 12.4. The van der Waals surface area contributed by atoms with E-state index in [9.17, 15) is 8.42 Å². The van der Waals surface area contributed by atoms with Crippen molar-refractivity contribution in [2.75, 3.05) is 32.8 Å². The summed E-state index contributed by atoms with van der Waals surface area (Å²) in [6.45, 7) is 5.92. The van der Waals surface area contributed by atoms with Crippen molar-refractivity contribution in [3.05, 3.63) is 17.0 Å². The highest BCUT2D eigenvalue weighted by Crippen LogP contribution is 2.22. The van der Waals surface area contributed by atoms with Gasteiger partial charge < -0.3 is 10.1 Å². The number of sulfonamides is 1. The average Bonchev–Trinajstić information content (AvgIpc) is 3.10. The van der Waals surface area contributed by atoms with Crippen LogP contribution in [0.25, 0.3) is 0 Å². The van der Waals surface area contributed by atoms with Gasteiger partial charge in [0.05, 0.1) is 0 Å². The molecular weight excluding hydrogens is 308 g/mol. The maximum absolute atomic E-state index is 12.2. The molecule has 1 aliphatic heterocycles. The van der Waals surface area contributed by atoms with Gasteiger partial charge in [0, 0.05) is 24.6 Å². The van der Waals surface area contributed by atoms with Crippen LogP contribution in [0.5, 0.6) is 0 Å². The Morgan fingerprint density at radius 3 is 2.95 bits per heavy atom. The second kappa shape index (κ2) is 8.24. The Bertz CT molecular complexity index is 522. The van der Waals surface area contributed by atoms with Crippen LogP contribution in [0.1, 0.15) is 24.6 Å². The molecule has 7 heteroatoms. The van der Waals surface area contributed by atoms with Gasteiger partial charge in [-0.2, -0.15) is 0 Å². The normalized spacial score (nSPS) is 19.2. The Labute approximate surface area is 131 Å². The molecule has 1 fully saturated rings. The molecule has 0 bridgehead atoms. The number of hydrogen-bond donors (Lipinski definition) is 2. The quantitative estimate of drug-likeness (QED) is 0.674. The van der Waals surface area contributed by atoms with Crippen LogP contribution in [-0.2, 0) is 21.2 Å². The summed E-state index contributed by atoms with van der Waals surface area (Å²) in [6, 6.07) is 3.61. The van der Waals surface area contributed by atoms with Gasteiger partial charge in [-0.3, -0.25) is 0 Å². The number of likely N-dealkylation sites (N-methyl/N-ethyl adjacent to an activating group) is 1. The van der Waals surface area contributed by atoms with Gasteiger partial charge >= 0.3 is 0 Å². The standard InChI is InChI=1S/C14H24N2O3S2/c1-2-15-8-6-13-3-4-14(20-13)21(17,18)16-9-5-12-7-10-19-11-12/h3-4,12,15-16H,2,5-11H2,1H3. The highest BCUT2D eigenvalue weighted by molar-refractivity contribution is 7.91. The van der Waals surface area contributed by atoms with Crippen LogP contribution >= 0.6 is 11.3 Å². The lowest BCUT2D eigenvalue weighted by molar-refractivity contribution is 0.184. The Balaban J connectivity index is 1.80. The molecule has 0 saturated carbocycles. The van der Waals surface area contributed by atoms with E-state index in [1.807, 2.05) is 6.07 Å². The van der Waals surface area contributed by atoms with Gasteiger partial charge in [0.25, 0.3) is 0 Å². The zero-order chi connectivity index (χ0) is 15.1. The second-order valence-corrected chi connectivity index (χ2v) is 8.40. The molecule has 0 spiro atoms. The van der Waals surface area contributed by atoms with Crippen molar-refractivity contribution in [2.45, 2.75) is 30.4 Å². The molecule has 0 amide bonds. The molecule has 0 aliphatic carbocycles. The van der Waals surface area contributed by atoms with E-state index in [0.717, 1.165) is 50.4 Å². The molecule has 1 unspecified atom stereocenters. The van der Waals surface area contributed by atoms with Crippen molar-refractivity contribution in [3.63, 3.8) is 0 Å². The highest BCUT2D eigenvalue weighted by atomic mass is 32.2.